The molecule has 0 radical (unpaired) electrons. The Kier molecular flexibility index (Phi) is 5.80. The molecule has 124 valence electrons. The Balaban J connectivity index is 1.73. The molecule has 1 aliphatic rings. The smallest absolute Gasteiger partial charge is 0.279 e. The van der Waals surface area contributed by atoms with Crippen molar-refractivity contribution < 1.29 is 23.5 Å². The second-order valence-corrected chi connectivity index (χ2v) is 5.78. The van der Waals surface area contributed by atoms with Crippen molar-refractivity contribution in [2.45, 2.75) is 13.0 Å². The Morgan fingerprint density at radius 1 is 1.35 bits per heavy atom. The number of thioether (sulfide) groups is 1. The Labute approximate surface area is 136 Å². The van der Waals surface area contributed by atoms with Gasteiger partial charge in [0, 0.05) is 0 Å². The summed E-state index contributed by atoms with van der Waals surface area (Å²) in [7, 11) is 0. The van der Waals surface area contributed by atoms with E-state index in [2.05, 4.69) is 10.9 Å². The minimum atomic E-state index is -0.885. The molecule has 9 heteroatoms. The summed E-state index contributed by atoms with van der Waals surface area (Å²) < 4.78 is 18.1. The van der Waals surface area contributed by atoms with Crippen LogP contribution < -0.4 is 15.6 Å². The van der Waals surface area contributed by atoms with Crippen LogP contribution in [0.15, 0.2) is 24.3 Å². The van der Waals surface area contributed by atoms with E-state index in [9.17, 15) is 18.8 Å². The number of benzene rings is 1. The predicted molar refractivity (Wildman–Crippen MR) is 81.8 cm³/mol. The van der Waals surface area contributed by atoms with E-state index < -0.39 is 23.7 Å². The molecule has 1 fully saturated rings. The van der Waals surface area contributed by atoms with Crippen molar-refractivity contribution in [3.63, 3.8) is 0 Å². The molecule has 0 saturated carbocycles. The maximum Gasteiger partial charge on any atom is 0.279 e. The minimum absolute atomic E-state index is 0.107. The van der Waals surface area contributed by atoms with Gasteiger partial charge >= 0.3 is 0 Å². The Morgan fingerprint density at radius 2 is 2.04 bits per heavy atom. The van der Waals surface area contributed by atoms with Crippen LogP contribution in [0.2, 0.25) is 0 Å². The van der Waals surface area contributed by atoms with Crippen LogP contribution in [0, 0.1) is 5.82 Å². The van der Waals surface area contributed by atoms with E-state index in [0.29, 0.717) is 17.4 Å². The SMILES string of the molecule is C[C@@H](Oc1ccc(F)cc1)C(=O)NNC(=O)CN1CSCC1=O. The van der Waals surface area contributed by atoms with E-state index in [-0.39, 0.29) is 12.5 Å². The highest BCUT2D eigenvalue weighted by Gasteiger charge is 2.23. The second kappa shape index (κ2) is 7.82. The van der Waals surface area contributed by atoms with Crippen molar-refractivity contribution in [1.82, 2.24) is 15.8 Å². The quantitative estimate of drug-likeness (QED) is 0.751. The second-order valence-electron chi connectivity index (χ2n) is 4.82. The van der Waals surface area contributed by atoms with E-state index in [4.69, 9.17) is 4.74 Å². The zero-order valence-electron chi connectivity index (χ0n) is 12.4. The van der Waals surface area contributed by atoms with Crippen LogP contribution in [0.1, 0.15) is 6.92 Å². The number of amides is 3. The van der Waals surface area contributed by atoms with Crippen molar-refractivity contribution in [1.29, 1.82) is 0 Å². The summed E-state index contributed by atoms with van der Waals surface area (Å²) in [4.78, 5) is 36.2. The predicted octanol–water partition coefficient (Wildman–Crippen LogP) is 0.273. The van der Waals surface area contributed by atoms with Gasteiger partial charge in [-0.3, -0.25) is 25.2 Å². The summed E-state index contributed by atoms with van der Waals surface area (Å²) in [6, 6.07) is 5.22. The lowest BCUT2D eigenvalue weighted by atomic mass is 10.3. The van der Waals surface area contributed by atoms with Gasteiger partial charge in [0.1, 0.15) is 18.1 Å². The Bertz CT molecular complexity index is 596. The molecule has 0 bridgehead atoms. The number of hydrogen-bond acceptors (Lipinski definition) is 5. The zero-order chi connectivity index (χ0) is 16.8. The van der Waals surface area contributed by atoms with Gasteiger partial charge in [-0.05, 0) is 31.2 Å². The van der Waals surface area contributed by atoms with E-state index in [1.165, 1.54) is 47.9 Å². The summed E-state index contributed by atoms with van der Waals surface area (Å²) in [5, 5.41) is 0. The average molecular weight is 341 g/mol. The van der Waals surface area contributed by atoms with Crippen LogP contribution in [-0.4, -0.2) is 46.9 Å². The van der Waals surface area contributed by atoms with Crippen molar-refractivity contribution >= 4 is 29.5 Å². The molecule has 0 unspecified atom stereocenters. The number of nitrogens with one attached hydrogen (secondary N) is 2. The molecule has 2 N–H and O–H groups in total. The van der Waals surface area contributed by atoms with Crippen LogP contribution in [0.25, 0.3) is 0 Å². The first-order valence-corrected chi connectivity index (χ1v) is 7.97. The minimum Gasteiger partial charge on any atom is -0.481 e. The number of nitrogens with zero attached hydrogens (tertiary/aromatic N) is 1. The highest BCUT2D eigenvalue weighted by Crippen LogP contribution is 2.14. The number of rotatable bonds is 5. The summed E-state index contributed by atoms with van der Waals surface area (Å²) >= 11 is 1.43. The number of carbonyl (C=O) groups excluding carboxylic acids is 3. The molecule has 2 rings (SSSR count). The molecule has 0 aliphatic carbocycles. The lowest BCUT2D eigenvalue weighted by Gasteiger charge is -2.17. The van der Waals surface area contributed by atoms with Gasteiger partial charge in [-0.15, -0.1) is 11.8 Å². The lowest BCUT2D eigenvalue weighted by Crippen LogP contribution is -2.50. The largest absolute Gasteiger partial charge is 0.481 e. The first-order valence-electron chi connectivity index (χ1n) is 6.82. The first kappa shape index (κ1) is 17.1. The van der Waals surface area contributed by atoms with Crippen molar-refractivity contribution in [2.75, 3.05) is 18.2 Å². The molecule has 1 atom stereocenters. The van der Waals surface area contributed by atoms with Gasteiger partial charge in [-0.2, -0.15) is 0 Å². The van der Waals surface area contributed by atoms with Crippen molar-refractivity contribution in [3.05, 3.63) is 30.1 Å². The number of halogens is 1. The van der Waals surface area contributed by atoms with Gasteiger partial charge in [-0.25, -0.2) is 4.39 Å². The lowest BCUT2D eigenvalue weighted by molar-refractivity contribution is -0.135. The molecule has 23 heavy (non-hydrogen) atoms. The monoisotopic (exact) mass is 341 g/mol. The highest BCUT2D eigenvalue weighted by atomic mass is 32.2. The topological polar surface area (TPSA) is 87.7 Å². The van der Waals surface area contributed by atoms with Crippen molar-refractivity contribution in [2.24, 2.45) is 0 Å². The molecule has 1 aliphatic heterocycles. The standard InChI is InChI=1S/C14H16FN3O4S/c1-9(22-11-4-2-10(15)3-5-11)14(21)17-16-12(19)6-18-8-23-7-13(18)20/h2-5,9H,6-8H2,1H3,(H,16,19)(H,17,21)/t9-/m1/s1. The van der Waals surface area contributed by atoms with Gasteiger partial charge < -0.3 is 9.64 Å². The molecule has 0 aromatic heterocycles. The Morgan fingerprint density at radius 3 is 2.65 bits per heavy atom. The molecular formula is C14H16FN3O4S. The number of ether oxygens (including phenoxy) is 1. The molecule has 1 heterocycles. The van der Waals surface area contributed by atoms with E-state index >= 15 is 0 Å². The van der Waals surface area contributed by atoms with Crippen LogP contribution in [0.5, 0.6) is 5.75 Å². The maximum atomic E-state index is 12.8. The van der Waals surface area contributed by atoms with E-state index in [0.717, 1.165) is 0 Å². The Hall–Kier alpha value is -2.29. The van der Waals surface area contributed by atoms with Crippen LogP contribution in [0.3, 0.4) is 0 Å². The number of hydrogen-bond donors (Lipinski definition) is 2. The first-order chi connectivity index (χ1) is 11.0. The van der Waals surface area contributed by atoms with Gasteiger partial charge in [0.25, 0.3) is 11.8 Å². The zero-order valence-corrected chi connectivity index (χ0v) is 13.2. The summed E-state index contributed by atoms with van der Waals surface area (Å²) in [6.07, 6.45) is -0.885. The summed E-state index contributed by atoms with van der Waals surface area (Å²) in [6.45, 7) is 1.38. The van der Waals surface area contributed by atoms with Crippen LogP contribution in [-0.2, 0) is 14.4 Å². The average Bonchev–Trinajstić information content (AvgIpc) is 2.92. The molecule has 1 aromatic rings. The molecule has 3 amide bonds. The molecule has 1 saturated heterocycles. The third kappa shape index (κ3) is 5.13. The van der Waals surface area contributed by atoms with Gasteiger partial charge in [0.05, 0.1) is 11.6 Å². The van der Waals surface area contributed by atoms with Gasteiger partial charge in [-0.1, -0.05) is 0 Å². The normalized spacial score (nSPS) is 15.2. The van der Waals surface area contributed by atoms with Crippen LogP contribution in [0.4, 0.5) is 4.39 Å². The number of hydrazine groups is 1. The molecule has 7 nitrogen and oxygen atoms in total. The summed E-state index contributed by atoms with van der Waals surface area (Å²) in [5.41, 5.74) is 4.44. The van der Waals surface area contributed by atoms with Crippen LogP contribution >= 0.6 is 11.8 Å². The molecule has 0 spiro atoms. The fraction of sp³-hybridized carbons (Fsp3) is 0.357. The van der Waals surface area contributed by atoms with E-state index in [1.54, 1.807) is 0 Å². The fourth-order valence-corrected chi connectivity index (χ4v) is 2.66. The van der Waals surface area contributed by atoms with Gasteiger partial charge in [0.15, 0.2) is 6.10 Å². The molecule has 1 aromatic carbocycles. The molecular weight excluding hydrogens is 325 g/mol. The maximum absolute atomic E-state index is 12.8. The van der Waals surface area contributed by atoms with Crippen molar-refractivity contribution in [3.8, 4) is 5.75 Å². The fourth-order valence-electron chi connectivity index (χ4n) is 1.76. The third-order valence-electron chi connectivity index (χ3n) is 2.98. The highest BCUT2D eigenvalue weighted by molar-refractivity contribution is 8.00. The summed E-state index contributed by atoms with van der Waals surface area (Å²) in [5.74, 6) is -0.416. The number of carbonyl (C=O) groups is 3. The van der Waals surface area contributed by atoms with E-state index in [1.807, 2.05) is 0 Å². The third-order valence-corrected chi connectivity index (χ3v) is 3.93. The van der Waals surface area contributed by atoms with Gasteiger partial charge in [0.2, 0.25) is 5.91 Å².